The molecule has 0 fully saturated rings. The van der Waals surface area contributed by atoms with E-state index in [9.17, 15) is 13.2 Å². The van der Waals surface area contributed by atoms with Crippen molar-refractivity contribution in [2.45, 2.75) is 33.1 Å². The minimum atomic E-state index is -3.35. The van der Waals surface area contributed by atoms with E-state index in [2.05, 4.69) is 10.0 Å². The van der Waals surface area contributed by atoms with Crippen molar-refractivity contribution in [3.63, 3.8) is 0 Å². The second kappa shape index (κ2) is 8.01. The van der Waals surface area contributed by atoms with Gasteiger partial charge in [-0.15, -0.1) is 0 Å². The van der Waals surface area contributed by atoms with Crippen LogP contribution in [0.3, 0.4) is 0 Å². The van der Waals surface area contributed by atoms with Crippen molar-refractivity contribution in [3.8, 4) is 0 Å². The summed E-state index contributed by atoms with van der Waals surface area (Å²) < 4.78 is 25.4. The van der Waals surface area contributed by atoms with E-state index in [0.717, 1.165) is 18.4 Å². The third kappa shape index (κ3) is 6.16. The number of nitrogens with one attached hydrogen (secondary N) is 2. The predicted octanol–water partition coefficient (Wildman–Crippen LogP) is 1.91. The van der Waals surface area contributed by atoms with E-state index in [0.29, 0.717) is 12.1 Å². The van der Waals surface area contributed by atoms with Gasteiger partial charge in [-0.1, -0.05) is 32.4 Å². The van der Waals surface area contributed by atoms with Gasteiger partial charge in [-0.3, -0.25) is 4.79 Å². The molecular formula is C14H22N2O3S. The summed E-state index contributed by atoms with van der Waals surface area (Å²) in [5, 5.41) is 2.68. The van der Waals surface area contributed by atoms with Gasteiger partial charge in [0.15, 0.2) is 0 Å². The zero-order valence-electron chi connectivity index (χ0n) is 12.0. The lowest BCUT2D eigenvalue weighted by Gasteiger charge is -2.08. The number of hydrogen-bond acceptors (Lipinski definition) is 3. The lowest BCUT2D eigenvalue weighted by molar-refractivity contribution is -0.115. The Bertz CT molecular complexity index is 541. The average molecular weight is 298 g/mol. The fraction of sp³-hybridized carbons (Fsp3) is 0.500. The molecule has 5 nitrogen and oxygen atoms in total. The maximum atomic E-state index is 11.7. The number of carbonyl (C=O) groups is 1. The fourth-order valence-corrected chi connectivity index (χ4v) is 2.82. The molecule has 0 aromatic heterocycles. The number of rotatable bonds is 8. The molecular weight excluding hydrogens is 276 g/mol. The van der Waals surface area contributed by atoms with E-state index >= 15 is 0 Å². The first-order valence-corrected chi connectivity index (χ1v) is 8.48. The molecule has 0 aliphatic heterocycles. The van der Waals surface area contributed by atoms with Crippen molar-refractivity contribution in [2.75, 3.05) is 17.6 Å². The zero-order chi connectivity index (χ0) is 15.0. The van der Waals surface area contributed by atoms with Crippen LogP contribution in [0.2, 0.25) is 0 Å². The molecule has 0 spiro atoms. The first kappa shape index (κ1) is 16.7. The smallest absolute Gasteiger partial charge is 0.239 e. The summed E-state index contributed by atoms with van der Waals surface area (Å²) in [6.45, 7) is 3.72. The van der Waals surface area contributed by atoms with Gasteiger partial charge in [0, 0.05) is 5.69 Å². The van der Waals surface area contributed by atoms with Crippen LogP contribution in [0.1, 0.15) is 32.3 Å². The molecule has 2 N–H and O–H groups in total. The van der Waals surface area contributed by atoms with Crippen molar-refractivity contribution < 1.29 is 13.2 Å². The van der Waals surface area contributed by atoms with Crippen molar-refractivity contribution in [2.24, 2.45) is 0 Å². The number of unbranched alkanes of at least 4 members (excludes halogenated alkanes) is 1. The number of benzene rings is 1. The monoisotopic (exact) mass is 298 g/mol. The van der Waals surface area contributed by atoms with Crippen molar-refractivity contribution in [3.05, 3.63) is 29.8 Å². The van der Waals surface area contributed by atoms with E-state index in [1.165, 1.54) is 0 Å². The Hall–Kier alpha value is -1.40. The van der Waals surface area contributed by atoms with Crippen LogP contribution in [0.25, 0.3) is 0 Å². The second-order valence-electron chi connectivity index (χ2n) is 4.60. The highest BCUT2D eigenvalue weighted by Gasteiger charge is 2.11. The molecule has 1 amide bonds. The van der Waals surface area contributed by atoms with Gasteiger partial charge in [0.05, 0.1) is 12.3 Å². The molecule has 0 saturated carbocycles. The number of carbonyl (C=O) groups excluding carboxylic acids is 1. The van der Waals surface area contributed by atoms with Gasteiger partial charge in [0.1, 0.15) is 0 Å². The van der Waals surface area contributed by atoms with Gasteiger partial charge in [-0.25, -0.2) is 13.1 Å². The lowest BCUT2D eigenvalue weighted by atomic mass is 10.1. The molecule has 0 heterocycles. The van der Waals surface area contributed by atoms with E-state index in [4.69, 9.17) is 0 Å². The summed E-state index contributed by atoms with van der Waals surface area (Å²) in [7, 11) is -3.35. The summed E-state index contributed by atoms with van der Waals surface area (Å²) in [4.78, 5) is 11.7. The molecule has 1 aromatic carbocycles. The molecule has 0 unspecified atom stereocenters. The lowest BCUT2D eigenvalue weighted by Crippen LogP contribution is -2.34. The van der Waals surface area contributed by atoms with Crippen LogP contribution in [-0.4, -0.2) is 26.6 Å². The molecule has 112 valence electrons. The highest BCUT2D eigenvalue weighted by Crippen LogP contribution is 2.10. The minimum absolute atomic E-state index is 0.0576. The Balaban J connectivity index is 2.47. The van der Waals surface area contributed by atoms with Crippen LogP contribution in [-0.2, 0) is 21.2 Å². The third-order valence-corrected chi connectivity index (χ3v) is 4.25. The summed E-state index contributed by atoms with van der Waals surface area (Å²) in [6, 6.07) is 7.50. The van der Waals surface area contributed by atoms with Gasteiger partial charge in [-0.2, -0.15) is 0 Å². The first-order chi connectivity index (χ1) is 9.46. The van der Waals surface area contributed by atoms with E-state index in [1.807, 2.05) is 32.0 Å². The van der Waals surface area contributed by atoms with Crippen molar-refractivity contribution >= 4 is 21.6 Å². The van der Waals surface area contributed by atoms with Crippen LogP contribution in [0.4, 0.5) is 5.69 Å². The van der Waals surface area contributed by atoms with Gasteiger partial charge >= 0.3 is 0 Å². The van der Waals surface area contributed by atoms with Crippen molar-refractivity contribution in [1.29, 1.82) is 0 Å². The van der Waals surface area contributed by atoms with E-state index in [1.54, 1.807) is 6.07 Å². The van der Waals surface area contributed by atoms with Crippen LogP contribution in [0.5, 0.6) is 0 Å². The molecule has 0 saturated heterocycles. The number of anilines is 1. The summed E-state index contributed by atoms with van der Waals surface area (Å²) in [6.07, 6.45) is 2.28. The van der Waals surface area contributed by atoms with Crippen LogP contribution in [0.15, 0.2) is 24.3 Å². The number of amides is 1. The Kier molecular flexibility index (Phi) is 6.67. The number of aryl methyl sites for hydroxylation is 1. The normalized spacial score (nSPS) is 11.3. The van der Waals surface area contributed by atoms with Gasteiger partial charge < -0.3 is 5.32 Å². The minimum Gasteiger partial charge on any atom is -0.325 e. The van der Waals surface area contributed by atoms with Gasteiger partial charge in [0.2, 0.25) is 15.9 Å². The highest BCUT2D eigenvalue weighted by molar-refractivity contribution is 7.89. The fourth-order valence-electron chi connectivity index (χ4n) is 1.66. The third-order valence-electron chi connectivity index (χ3n) is 2.84. The molecule has 0 bridgehead atoms. The molecule has 0 aliphatic rings. The maximum absolute atomic E-state index is 11.7. The van der Waals surface area contributed by atoms with E-state index < -0.39 is 10.0 Å². The number of hydrogen-bond donors (Lipinski definition) is 2. The van der Waals surface area contributed by atoms with Crippen LogP contribution >= 0.6 is 0 Å². The molecule has 0 aliphatic carbocycles. The average Bonchev–Trinajstić information content (AvgIpc) is 2.43. The Morgan fingerprint density at radius 3 is 2.65 bits per heavy atom. The molecule has 1 aromatic rings. The quantitative estimate of drug-likeness (QED) is 0.770. The standard InChI is InChI=1S/C14H22N2O3S/c1-3-5-9-20(18,19)15-11-14(17)16-13-8-6-7-12(4-2)10-13/h6-8,10,15H,3-5,9,11H2,1-2H3,(H,16,17). The number of sulfonamides is 1. The highest BCUT2D eigenvalue weighted by atomic mass is 32.2. The molecule has 1 rings (SSSR count). The van der Waals surface area contributed by atoms with Gasteiger partial charge in [0.25, 0.3) is 0 Å². The molecule has 0 atom stereocenters. The molecule has 6 heteroatoms. The molecule has 0 radical (unpaired) electrons. The summed E-state index contributed by atoms with van der Waals surface area (Å²) in [5.41, 5.74) is 1.80. The second-order valence-corrected chi connectivity index (χ2v) is 6.52. The molecule has 20 heavy (non-hydrogen) atoms. The zero-order valence-corrected chi connectivity index (χ0v) is 12.8. The maximum Gasteiger partial charge on any atom is 0.239 e. The summed E-state index contributed by atoms with van der Waals surface area (Å²) >= 11 is 0. The van der Waals surface area contributed by atoms with Crippen LogP contribution in [0, 0.1) is 0 Å². The SMILES string of the molecule is CCCCS(=O)(=O)NCC(=O)Nc1cccc(CC)c1. The Labute approximate surface area is 120 Å². The topological polar surface area (TPSA) is 75.3 Å². The summed E-state index contributed by atoms with van der Waals surface area (Å²) in [5.74, 6) is -0.305. The first-order valence-electron chi connectivity index (χ1n) is 6.83. The van der Waals surface area contributed by atoms with E-state index in [-0.39, 0.29) is 18.2 Å². The van der Waals surface area contributed by atoms with Gasteiger partial charge in [-0.05, 0) is 30.5 Å². The Morgan fingerprint density at radius 1 is 1.25 bits per heavy atom. The predicted molar refractivity (Wildman–Crippen MR) is 81.1 cm³/mol. The Morgan fingerprint density at radius 2 is 2.00 bits per heavy atom. The van der Waals surface area contributed by atoms with Crippen LogP contribution < -0.4 is 10.0 Å². The van der Waals surface area contributed by atoms with Crippen molar-refractivity contribution in [1.82, 2.24) is 4.72 Å². The largest absolute Gasteiger partial charge is 0.325 e.